The molecule has 0 spiro atoms. The molecule has 1 fully saturated rings. The molecule has 2 aromatic carbocycles. The van der Waals surface area contributed by atoms with Gasteiger partial charge in [0.2, 0.25) is 0 Å². The van der Waals surface area contributed by atoms with Crippen molar-refractivity contribution in [2.24, 2.45) is 0 Å². The maximum atomic E-state index is 12.9. The smallest absolute Gasteiger partial charge is 0.321 e. The summed E-state index contributed by atoms with van der Waals surface area (Å²) in [6.07, 6.45) is 2.09. The molecule has 3 amide bonds. The zero-order valence-electron chi connectivity index (χ0n) is 17.8. The molecule has 2 aromatic rings. The molecule has 1 N–H and O–H groups in total. The summed E-state index contributed by atoms with van der Waals surface area (Å²) >= 11 is 0. The van der Waals surface area contributed by atoms with Crippen LogP contribution in [0.3, 0.4) is 0 Å². The molecule has 0 bridgehead atoms. The van der Waals surface area contributed by atoms with Gasteiger partial charge in [0.1, 0.15) is 0 Å². The number of hydrogen-bond donors (Lipinski definition) is 1. The molecule has 5 nitrogen and oxygen atoms in total. The van der Waals surface area contributed by atoms with Crippen molar-refractivity contribution in [1.82, 2.24) is 9.80 Å². The van der Waals surface area contributed by atoms with Gasteiger partial charge in [0.05, 0.1) is 0 Å². The molecular formula is C24H31N3O2. The van der Waals surface area contributed by atoms with E-state index in [0.717, 1.165) is 24.9 Å². The number of aryl methyl sites for hydroxylation is 1. The van der Waals surface area contributed by atoms with Gasteiger partial charge in [-0.1, -0.05) is 36.4 Å². The van der Waals surface area contributed by atoms with Crippen LogP contribution in [-0.4, -0.2) is 47.9 Å². The minimum absolute atomic E-state index is 0.0317. The van der Waals surface area contributed by atoms with E-state index >= 15 is 0 Å². The van der Waals surface area contributed by atoms with Gasteiger partial charge < -0.3 is 15.1 Å². The first-order chi connectivity index (χ1) is 13.9. The number of rotatable bonds is 4. The second-order valence-corrected chi connectivity index (χ2v) is 8.17. The first kappa shape index (κ1) is 20.9. The average molecular weight is 394 g/mol. The van der Waals surface area contributed by atoms with Gasteiger partial charge in [-0.25, -0.2) is 4.79 Å². The Balaban J connectivity index is 1.70. The summed E-state index contributed by atoms with van der Waals surface area (Å²) in [4.78, 5) is 29.2. The van der Waals surface area contributed by atoms with Crippen LogP contribution in [0.4, 0.5) is 10.5 Å². The van der Waals surface area contributed by atoms with Gasteiger partial charge in [-0.15, -0.1) is 0 Å². The molecule has 1 saturated heterocycles. The number of piperidine rings is 1. The Morgan fingerprint density at radius 3 is 2.55 bits per heavy atom. The fourth-order valence-electron chi connectivity index (χ4n) is 3.72. The number of anilines is 1. The lowest BCUT2D eigenvalue weighted by molar-refractivity contribution is 0.0754. The van der Waals surface area contributed by atoms with Gasteiger partial charge in [-0.05, 0) is 56.9 Å². The molecule has 0 saturated carbocycles. The summed E-state index contributed by atoms with van der Waals surface area (Å²) in [5, 5.41) is 2.99. The number of likely N-dealkylation sites (tertiary alicyclic amines) is 1. The topological polar surface area (TPSA) is 52.7 Å². The number of carbonyl (C=O) groups excluding carboxylic acids is 2. The molecule has 1 aliphatic rings. The van der Waals surface area contributed by atoms with E-state index < -0.39 is 0 Å². The maximum Gasteiger partial charge on any atom is 0.321 e. The Bertz CT molecular complexity index is 864. The van der Waals surface area contributed by atoms with E-state index in [-0.39, 0.29) is 18.0 Å². The van der Waals surface area contributed by atoms with Gasteiger partial charge >= 0.3 is 6.03 Å². The first-order valence-corrected chi connectivity index (χ1v) is 10.4. The van der Waals surface area contributed by atoms with Crippen molar-refractivity contribution in [1.29, 1.82) is 0 Å². The molecule has 1 unspecified atom stereocenters. The number of hydrogen-bond acceptors (Lipinski definition) is 2. The Kier molecular flexibility index (Phi) is 6.57. The zero-order valence-corrected chi connectivity index (χ0v) is 17.8. The van der Waals surface area contributed by atoms with Gasteiger partial charge in [0.25, 0.3) is 5.91 Å². The van der Waals surface area contributed by atoms with Crippen LogP contribution in [0.15, 0.2) is 48.5 Å². The van der Waals surface area contributed by atoms with Crippen LogP contribution in [-0.2, 0) is 0 Å². The molecule has 3 rings (SSSR count). The number of nitrogens with zero attached hydrogens (tertiary/aromatic N) is 2. The Hall–Kier alpha value is -2.82. The molecule has 0 aliphatic carbocycles. The van der Waals surface area contributed by atoms with Crippen molar-refractivity contribution in [3.63, 3.8) is 0 Å². The normalized spacial score (nSPS) is 16.6. The molecule has 5 heteroatoms. The number of urea groups is 1. The van der Waals surface area contributed by atoms with E-state index in [1.54, 1.807) is 18.0 Å². The maximum absolute atomic E-state index is 12.9. The van der Waals surface area contributed by atoms with E-state index in [9.17, 15) is 9.59 Å². The van der Waals surface area contributed by atoms with Crippen molar-refractivity contribution in [2.45, 2.75) is 45.6 Å². The third-order valence-corrected chi connectivity index (χ3v) is 5.79. The standard InChI is InChI=1S/C24H31N3O2/c1-17(2)26(4)23(28)22-15-21(13-12-18(22)3)25-24(29)27-14-8-11-20(16-27)19-9-6-5-7-10-19/h5-7,9-10,12-13,15,17,20H,8,11,14,16H2,1-4H3,(H,25,29). The van der Waals surface area contributed by atoms with Gasteiger partial charge in [-0.3, -0.25) is 4.79 Å². The lowest BCUT2D eigenvalue weighted by atomic mass is 9.91. The van der Waals surface area contributed by atoms with Crippen molar-refractivity contribution >= 4 is 17.6 Å². The Morgan fingerprint density at radius 1 is 1.14 bits per heavy atom. The molecule has 0 radical (unpaired) electrons. The summed E-state index contributed by atoms with van der Waals surface area (Å²) in [6, 6.07) is 15.9. The lowest BCUT2D eigenvalue weighted by Crippen LogP contribution is -2.41. The van der Waals surface area contributed by atoms with Crippen LogP contribution in [0.5, 0.6) is 0 Å². The van der Waals surface area contributed by atoms with Crippen LogP contribution in [0.25, 0.3) is 0 Å². The fourth-order valence-corrected chi connectivity index (χ4v) is 3.72. The van der Waals surface area contributed by atoms with Crippen molar-refractivity contribution in [3.8, 4) is 0 Å². The van der Waals surface area contributed by atoms with Gasteiger partial charge in [0.15, 0.2) is 0 Å². The Morgan fingerprint density at radius 2 is 1.86 bits per heavy atom. The predicted molar refractivity (Wildman–Crippen MR) is 117 cm³/mol. The van der Waals surface area contributed by atoms with Crippen molar-refractivity contribution in [2.75, 3.05) is 25.5 Å². The summed E-state index contributed by atoms with van der Waals surface area (Å²) in [7, 11) is 1.80. The number of carbonyl (C=O) groups is 2. The molecular weight excluding hydrogens is 362 g/mol. The molecule has 1 atom stereocenters. The van der Waals surface area contributed by atoms with E-state index in [4.69, 9.17) is 0 Å². The van der Waals surface area contributed by atoms with Crippen LogP contribution < -0.4 is 5.32 Å². The van der Waals surface area contributed by atoms with E-state index in [1.807, 2.05) is 56.0 Å². The molecule has 1 aliphatic heterocycles. The number of amides is 3. The van der Waals surface area contributed by atoms with Gasteiger partial charge in [0, 0.05) is 43.3 Å². The molecule has 29 heavy (non-hydrogen) atoms. The van der Waals surface area contributed by atoms with Crippen LogP contribution >= 0.6 is 0 Å². The summed E-state index contributed by atoms with van der Waals surface area (Å²) in [6.45, 7) is 7.35. The highest BCUT2D eigenvalue weighted by Gasteiger charge is 2.25. The average Bonchev–Trinajstić information content (AvgIpc) is 2.74. The number of nitrogens with one attached hydrogen (secondary N) is 1. The SMILES string of the molecule is Cc1ccc(NC(=O)N2CCCC(c3ccccc3)C2)cc1C(=O)N(C)C(C)C. The number of benzene rings is 2. The Labute approximate surface area is 173 Å². The zero-order chi connectivity index (χ0) is 21.0. The van der Waals surface area contributed by atoms with Crippen LogP contribution in [0.2, 0.25) is 0 Å². The highest BCUT2D eigenvalue weighted by atomic mass is 16.2. The van der Waals surface area contributed by atoms with Crippen molar-refractivity contribution < 1.29 is 9.59 Å². The predicted octanol–water partition coefficient (Wildman–Crippen LogP) is 4.89. The van der Waals surface area contributed by atoms with Crippen molar-refractivity contribution in [3.05, 3.63) is 65.2 Å². The van der Waals surface area contributed by atoms with Crippen LogP contribution in [0.1, 0.15) is 54.1 Å². The molecule has 1 heterocycles. The summed E-state index contributed by atoms with van der Waals surface area (Å²) in [5.41, 5.74) is 3.47. The first-order valence-electron chi connectivity index (χ1n) is 10.4. The van der Waals surface area contributed by atoms with Gasteiger partial charge in [-0.2, -0.15) is 0 Å². The lowest BCUT2D eigenvalue weighted by Gasteiger charge is -2.33. The van der Waals surface area contributed by atoms with E-state index in [0.29, 0.717) is 23.7 Å². The molecule has 0 aromatic heterocycles. The molecule has 154 valence electrons. The van der Waals surface area contributed by atoms with E-state index in [1.165, 1.54) is 5.56 Å². The summed E-state index contributed by atoms with van der Waals surface area (Å²) < 4.78 is 0. The second-order valence-electron chi connectivity index (χ2n) is 8.17. The minimum Gasteiger partial charge on any atom is -0.339 e. The third-order valence-electron chi connectivity index (χ3n) is 5.79. The summed E-state index contributed by atoms with van der Waals surface area (Å²) in [5.74, 6) is 0.335. The van der Waals surface area contributed by atoms with Crippen LogP contribution in [0, 0.1) is 6.92 Å². The minimum atomic E-state index is -0.106. The monoisotopic (exact) mass is 393 g/mol. The third kappa shape index (κ3) is 4.97. The fraction of sp³-hybridized carbons (Fsp3) is 0.417. The van der Waals surface area contributed by atoms with E-state index in [2.05, 4.69) is 17.4 Å². The highest BCUT2D eigenvalue weighted by Crippen LogP contribution is 2.27. The largest absolute Gasteiger partial charge is 0.339 e. The second kappa shape index (κ2) is 9.12. The highest BCUT2D eigenvalue weighted by molar-refractivity contribution is 5.98. The quantitative estimate of drug-likeness (QED) is 0.804.